The number of carbonyl (C=O) groups excluding carboxylic acids is 1. The van der Waals surface area contributed by atoms with Gasteiger partial charge < -0.3 is 10.2 Å². The maximum atomic E-state index is 12.2. The number of hydrogen-bond acceptors (Lipinski definition) is 4. The van der Waals surface area contributed by atoms with E-state index in [0.29, 0.717) is 11.4 Å². The summed E-state index contributed by atoms with van der Waals surface area (Å²) in [5.74, 6) is 0.929. The molecule has 0 bridgehead atoms. The predicted octanol–water partition coefficient (Wildman–Crippen LogP) is 3.10. The summed E-state index contributed by atoms with van der Waals surface area (Å²) in [5, 5.41) is 12.3. The highest BCUT2D eigenvalue weighted by atomic mass is 35.5. The maximum Gasteiger partial charge on any atom is 0.231 e. The average Bonchev–Trinajstić information content (AvgIpc) is 3.11. The van der Waals surface area contributed by atoms with E-state index >= 15 is 0 Å². The lowest BCUT2D eigenvalue weighted by molar-refractivity contribution is -0.121. The van der Waals surface area contributed by atoms with Crippen LogP contribution in [0.15, 0.2) is 48.7 Å². The Morgan fingerprint density at radius 1 is 1.11 bits per heavy atom. The minimum absolute atomic E-state index is 0.122. The lowest BCUT2D eigenvalue weighted by Gasteiger charge is -2.32. The number of nitrogens with zero attached hydrogens (tertiary/aromatic N) is 4. The van der Waals surface area contributed by atoms with E-state index in [-0.39, 0.29) is 11.9 Å². The molecule has 0 aliphatic carbocycles. The highest BCUT2D eigenvalue weighted by molar-refractivity contribution is 6.30. The smallest absolute Gasteiger partial charge is 0.231 e. The third kappa shape index (κ3) is 4.22. The van der Waals surface area contributed by atoms with E-state index < -0.39 is 0 Å². The molecule has 2 aromatic heterocycles. The third-order valence-corrected chi connectivity index (χ3v) is 5.20. The second-order valence-electron chi connectivity index (χ2n) is 6.89. The summed E-state index contributed by atoms with van der Waals surface area (Å²) in [6.07, 6.45) is 4.93. The predicted molar refractivity (Wildman–Crippen MR) is 106 cm³/mol. The molecule has 4 rings (SSSR count). The molecule has 1 fully saturated rings. The number of fused-ring (bicyclic) bond motifs is 1. The Morgan fingerprint density at radius 2 is 1.89 bits per heavy atom. The molecule has 1 aliphatic heterocycles. The number of carbonyl (C=O) groups is 1. The fourth-order valence-corrected chi connectivity index (χ4v) is 3.66. The van der Waals surface area contributed by atoms with Crippen LogP contribution >= 0.6 is 11.6 Å². The largest absolute Gasteiger partial charge is 0.353 e. The van der Waals surface area contributed by atoms with Crippen molar-refractivity contribution in [2.24, 2.45) is 0 Å². The van der Waals surface area contributed by atoms with Gasteiger partial charge in [0.15, 0.2) is 5.65 Å². The van der Waals surface area contributed by atoms with Crippen molar-refractivity contribution in [2.75, 3.05) is 18.0 Å². The highest BCUT2D eigenvalue weighted by Gasteiger charge is 2.23. The van der Waals surface area contributed by atoms with Crippen molar-refractivity contribution < 1.29 is 4.79 Å². The SMILES string of the molecule is O=C(CCc1ccccc1)NC1CCN(c2nnc3ccc(Cl)cn23)CC1. The van der Waals surface area contributed by atoms with Crippen LogP contribution in [0.4, 0.5) is 5.95 Å². The van der Waals surface area contributed by atoms with Gasteiger partial charge in [0.25, 0.3) is 0 Å². The zero-order valence-electron chi connectivity index (χ0n) is 15.0. The molecule has 1 saturated heterocycles. The van der Waals surface area contributed by atoms with Gasteiger partial charge in [-0.3, -0.25) is 9.20 Å². The molecule has 0 spiro atoms. The number of hydrogen-bond donors (Lipinski definition) is 1. The molecule has 1 amide bonds. The molecule has 0 saturated carbocycles. The van der Waals surface area contributed by atoms with Crippen LogP contribution in [-0.2, 0) is 11.2 Å². The molecule has 0 radical (unpaired) electrons. The number of piperidine rings is 1. The lowest BCUT2D eigenvalue weighted by atomic mass is 10.0. The second-order valence-corrected chi connectivity index (χ2v) is 7.33. The van der Waals surface area contributed by atoms with Gasteiger partial charge in [0.2, 0.25) is 11.9 Å². The van der Waals surface area contributed by atoms with Crippen molar-refractivity contribution in [1.29, 1.82) is 0 Å². The Labute approximate surface area is 163 Å². The zero-order chi connectivity index (χ0) is 18.6. The first-order valence-electron chi connectivity index (χ1n) is 9.27. The summed E-state index contributed by atoms with van der Waals surface area (Å²) < 4.78 is 1.92. The van der Waals surface area contributed by atoms with E-state index in [4.69, 9.17) is 11.6 Å². The first kappa shape index (κ1) is 17.8. The average molecular weight is 384 g/mol. The molecule has 140 valence electrons. The first-order chi connectivity index (χ1) is 13.2. The Morgan fingerprint density at radius 3 is 2.67 bits per heavy atom. The van der Waals surface area contributed by atoms with Crippen molar-refractivity contribution in [3.63, 3.8) is 0 Å². The van der Waals surface area contributed by atoms with Gasteiger partial charge in [-0.15, -0.1) is 10.2 Å². The second kappa shape index (κ2) is 7.96. The summed E-state index contributed by atoms with van der Waals surface area (Å²) in [5.41, 5.74) is 1.98. The fourth-order valence-electron chi connectivity index (χ4n) is 3.49. The fraction of sp³-hybridized carbons (Fsp3) is 0.350. The van der Waals surface area contributed by atoms with Crippen LogP contribution in [0.25, 0.3) is 5.65 Å². The first-order valence-corrected chi connectivity index (χ1v) is 9.65. The monoisotopic (exact) mass is 383 g/mol. The molecule has 1 aliphatic rings. The van der Waals surface area contributed by atoms with Gasteiger partial charge in [-0.05, 0) is 37.0 Å². The minimum atomic E-state index is 0.122. The standard InChI is InChI=1S/C20H22ClN5O/c21-16-7-8-18-23-24-20(26(18)14-16)25-12-10-17(11-13-25)22-19(27)9-6-15-4-2-1-3-5-15/h1-5,7-8,14,17H,6,9-13H2,(H,22,27). The molecule has 7 heteroatoms. The zero-order valence-corrected chi connectivity index (χ0v) is 15.8. The number of aromatic nitrogens is 3. The minimum Gasteiger partial charge on any atom is -0.353 e. The van der Waals surface area contributed by atoms with Crippen molar-refractivity contribution >= 4 is 29.1 Å². The topological polar surface area (TPSA) is 62.5 Å². The number of amides is 1. The Hall–Kier alpha value is -2.60. The number of anilines is 1. The van der Waals surface area contributed by atoms with Crippen LogP contribution in [-0.4, -0.2) is 39.6 Å². The summed E-state index contributed by atoms with van der Waals surface area (Å²) in [6, 6.07) is 14.0. The Kier molecular flexibility index (Phi) is 5.25. The highest BCUT2D eigenvalue weighted by Crippen LogP contribution is 2.21. The number of pyridine rings is 1. The van der Waals surface area contributed by atoms with Gasteiger partial charge in [0, 0.05) is 31.7 Å². The van der Waals surface area contributed by atoms with E-state index in [2.05, 4.69) is 32.5 Å². The van der Waals surface area contributed by atoms with Crippen LogP contribution in [0.2, 0.25) is 5.02 Å². The summed E-state index contributed by atoms with van der Waals surface area (Å²) in [7, 11) is 0. The maximum absolute atomic E-state index is 12.2. The van der Waals surface area contributed by atoms with Gasteiger partial charge in [-0.25, -0.2) is 0 Å². The van der Waals surface area contributed by atoms with Crippen LogP contribution in [0.5, 0.6) is 0 Å². The van der Waals surface area contributed by atoms with Crippen LogP contribution in [0.3, 0.4) is 0 Å². The van der Waals surface area contributed by atoms with Gasteiger partial charge in [-0.1, -0.05) is 41.9 Å². The summed E-state index contributed by atoms with van der Waals surface area (Å²) in [6.45, 7) is 1.66. The van der Waals surface area contributed by atoms with Crippen molar-refractivity contribution in [3.8, 4) is 0 Å². The molecule has 1 N–H and O–H groups in total. The molecule has 3 heterocycles. The third-order valence-electron chi connectivity index (χ3n) is 4.97. The lowest BCUT2D eigenvalue weighted by Crippen LogP contribution is -2.45. The number of halogens is 1. The number of aryl methyl sites for hydroxylation is 1. The molecule has 27 heavy (non-hydrogen) atoms. The molecule has 0 unspecified atom stereocenters. The number of rotatable bonds is 5. The summed E-state index contributed by atoms with van der Waals surface area (Å²) in [4.78, 5) is 14.4. The van der Waals surface area contributed by atoms with Gasteiger partial charge in [0.1, 0.15) is 0 Å². The molecular weight excluding hydrogens is 362 g/mol. The van der Waals surface area contributed by atoms with Gasteiger partial charge in [0.05, 0.1) is 5.02 Å². The summed E-state index contributed by atoms with van der Waals surface area (Å²) >= 11 is 6.10. The Balaban J connectivity index is 1.29. The van der Waals surface area contributed by atoms with Gasteiger partial charge in [-0.2, -0.15) is 0 Å². The van der Waals surface area contributed by atoms with Crippen molar-refractivity contribution in [2.45, 2.75) is 31.7 Å². The van der Waals surface area contributed by atoms with E-state index in [9.17, 15) is 4.79 Å². The Bertz CT molecular complexity index is 919. The van der Waals surface area contributed by atoms with Gasteiger partial charge >= 0.3 is 0 Å². The molecule has 0 atom stereocenters. The van der Waals surface area contributed by atoms with Crippen molar-refractivity contribution in [3.05, 3.63) is 59.2 Å². The number of nitrogens with one attached hydrogen (secondary N) is 1. The normalized spacial score (nSPS) is 15.2. The van der Waals surface area contributed by atoms with E-state index in [1.54, 1.807) is 0 Å². The number of benzene rings is 1. The molecular formula is C20H22ClN5O. The quantitative estimate of drug-likeness (QED) is 0.735. The van der Waals surface area contributed by atoms with E-state index in [1.807, 2.05) is 40.9 Å². The van der Waals surface area contributed by atoms with E-state index in [0.717, 1.165) is 43.9 Å². The molecule has 3 aromatic rings. The molecule has 1 aromatic carbocycles. The van der Waals surface area contributed by atoms with Crippen LogP contribution < -0.4 is 10.2 Å². The van der Waals surface area contributed by atoms with Crippen molar-refractivity contribution in [1.82, 2.24) is 19.9 Å². The van der Waals surface area contributed by atoms with Crippen LogP contribution in [0.1, 0.15) is 24.8 Å². The van der Waals surface area contributed by atoms with Crippen LogP contribution in [0, 0.1) is 0 Å². The molecule has 6 nitrogen and oxygen atoms in total. The van der Waals surface area contributed by atoms with E-state index in [1.165, 1.54) is 5.56 Å².